The van der Waals surface area contributed by atoms with Crippen molar-refractivity contribution < 1.29 is 14.7 Å². The van der Waals surface area contributed by atoms with Gasteiger partial charge in [-0.2, -0.15) is 0 Å². The second kappa shape index (κ2) is 7.00. The van der Waals surface area contributed by atoms with E-state index in [0.717, 1.165) is 17.3 Å². The van der Waals surface area contributed by atoms with E-state index in [-0.39, 0.29) is 11.5 Å². The van der Waals surface area contributed by atoms with Crippen molar-refractivity contribution in [3.8, 4) is 0 Å². The molecule has 1 heterocycles. The number of carboxylic acids is 1. The lowest BCUT2D eigenvalue weighted by atomic mass is 10.1. The predicted octanol–water partition coefficient (Wildman–Crippen LogP) is 3.42. The Morgan fingerprint density at radius 1 is 1.28 bits per heavy atom. The average Bonchev–Trinajstić information content (AvgIpc) is 2.82. The molecule has 25 heavy (non-hydrogen) atoms. The largest absolute Gasteiger partial charge is 0.545 e. The van der Waals surface area contributed by atoms with E-state index < -0.39 is 5.97 Å². The fraction of sp³-hybridized carbons (Fsp3) is 0.0556. The van der Waals surface area contributed by atoms with E-state index in [1.807, 2.05) is 6.07 Å². The molecule has 1 aliphatic heterocycles. The van der Waals surface area contributed by atoms with E-state index in [0.29, 0.717) is 25.5 Å². The summed E-state index contributed by atoms with van der Waals surface area (Å²) in [6, 6.07) is 11.8. The number of aromatic carboxylic acids is 1. The molecule has 0 aromatic heterocycles. The van der Waals surface area contributed by atoms with E-state index in [2.05, 4.69) is 0 Å². The second-order valence-electron chi connectivity index (χ2n) is 5.36. The maximum atomic E-state index is 12.7. The molecule has 1 saturated heterocycles. The molecule has 1 fully saturated rings. The van der Waals surface area contributed by atoms with Crippen molar-refractivity contribution in [2.75, 3.05) is 4.90 Å². The van der Waals surface area contributed by atoms with Crippen molar-refractivity contribution in [3.63, 3.8) is 0 Å². The zero-order chi connectivity index (χ0) is 18.1. The Kier molecular flexibility index (Phi) is 4.94. The Morgan fingerprint density at radius 2 is 2.04 bits per heavy atom. The van der Waals surface area contributed by atoms with Crippen molar-refractivity contribution in [2.24, 2.45) is 0 Å². The molecule has 7 heteroatoms. The Bertz CT molecular complexity index is 940. The Balaban J connectivity index is 1.97. The quantitative estimate of drug-likeness (QED) is 0.595. The van der Waals surface area contributed by atoms with Gasteiger partial charge in [0.15, 0.2) is 4.32 Å². The van der Waals surface area contributed by atoms with Crippen LogP contribution in [0.25, 0.3) is 6.08 Å². The van der Waals surface area contributed by atoms with Crippen molar-refractivity contribution in [1.29, 1.82) is 0 Å². The molecule has 2 aromatic rings. The van der Waals surface area contributed by atoms with E-state index in [1.165, 1.54) is 11.0 Å². The molecule has 4 nitrogen and oxygen atoms in total. The summed E-state index contributed by atoms with van der Waals surface area (Å²) in [7, 11) is 0. The number of thiocarbonyl (C=S) groups is 1. The number of thioether (sulfide) groups is 1. The highest BCUT2D eigenvalue weighted by molar-refractivity contribution is 8.27. The summed E-state index contributed by atoms with van der Waals surface area (Å²) in [4.78, 5) is 25.7. The van der Waals surface area contributed by atoms with Gasteiger partial charge in [0, 0.05) is 10.6 Å². The van der Waals surface area contributed by atoms with Crippen molar-refractivity contribution >= 4 is 63.5 Å². The van der Waals surface area contributed by atoms with Gasteiger partial charge in [-0.3, -0.25) is 9.69 Å². The summed E-state index contributed by atoms with van der Waals surface area (Å²) in [5.41, 5.74) is 1.78. The summed E-state index contributed by atoms with van der Waals surface area (Å²) in [6.45, 7) is 1.66. The molecular weight excluding hydrogens is 378 g/mol. The Hall–Kier alpha value is -2.15. The number of rotatable bonds is 3. The zero-order valence-corrected chi connectivity index (χ0v) is 15.4. The fourth-order valence-corrected chi connectivity index (χ4v) is 3.90. The van der Waals surface area contributed by atoms with Gasteiger partial charge in [-0.1, -0.05) is 53.8 Å². The lowest BCUT2D eigenvalue weighted by Crippen LogP contribution is -2.29. The number of benzene rings is 2. The van der Waals surface area contributed by atoms with Crippen LogP contribution in [-0.2, 0) is 4.79 Å². The van der Waals surface area contributed by atoms with Crippen LogP contribution in [0.15, 0.2) is 47.4 Å². The number of halogens is 1. The van der Waals surface area contributed by atoms with Gasteiger partial charge in [0.25, 0.3) is 5.91 Å². The van der Waals surface area contributed by atoms with E-state index >= 15 is 0 Å². The highest BCUT2D eigenvalue weighted by Crippen LogP contribution is 2.36. The first-order valence-electron chi connectivity index (χ1n) is 7.22. The number of carboxylic acid groups (broad SMARTS) is 1. The van der Waals surface area contributed by atoms with Gasteiger partial charge in [-0.25, -0.2) is 0 Å². The van der Waals surface area contributed by atoms with E-state index in [1.54, 1.807) is 43.3 Å². The van der Waals surface area contributed by atoms with Gasteiger partial charge in [-0.05, 0) is 48.4 Å². The number of carbonyl (C=O) groups is 2. The van der Waals surface area contributed by atoms with Gasteiger partial charge >= 0.3 is 0 Å². The first-order valence-corrected chi connectivity index (χ1v) is 8.82. The van der Waals surface area contributed by atoms with Crippen molar-refractivity contribution in [1.82, 2.24) is 0 Å². The molecule has 0 atom stereocenters. The van der Waals surface area contributed by atoms with Crippen molar-refractivity contribution in [2.45, 2.75) is 6.92 Å². The molecule has 1 aliphatic rings. The van der Waals surface area contributed by atoms with Gasteiger partial charge in [-0.15, -0.1) is 0 Å². The van der Waals surface area contributed by atoms with Gasteiger partial charge < -0.3 is 9.90 Å². The van der Waals surface area contributed by atoms with Crippen LogP contribution in [0.1, 0.15) is 21.5 Å². The molecule has 0 N–H and O–H groups in total. The summed E-state index contributed by atoms with van der Waals surface area (Å²) in [5.74, 6) is -1.60. The zero-order valence-electron chi connectivity index (χ0n) is 13.0. The maximum absolute atomic E-state index is 12.7. The van der Waals surface area contributed by atoms with Gasteiger partial charge in [0.05, 0.1) is 16.6 Å². The lowest BCUT2D eigenvalue weighted by Gasteiger charge is -2.17. The van der Waals surface area contributed by atoms with Gasteiger partial charge in [0.2, 0.25) is 0 Å². The molecule has 0 unspecified atom stereocenters. The highest BCUT2D eigenvalue weighted by atomic mass is 35.5. The number of nitrogens with zero attached hydrogens (tertiary/aromatic N) is 1. The standard InChI is InChI=1S/C18H12ClNO3S2/c1-10-5-6-13(9-14(10)17(22)23)20-16(21)15(25-18(20)24)8-11-3-2-4-12(19)7-11/h2-9H,1H3,(H,22,23)/p-1/b15-8-. The minimum Gasteiger partial charge on any atom is -0.545 e. The molecule has 3 rings (SSSR count). The first kappa shape index (κ1) is 17.7. The second-order valence-corrected chi connectivity index (χ2v) is 7.47. The molecule has 0 aliphatic carbocycles. The summed E-state index contributed by atoms with van der Waals surface area (Å²) >= 11 is 12.4. The van der Waals surface area contributed by atoms with Crippen LogP contribution in [0.3, 0.4) is 0 Å². The summed E-state index contributed by atoms with van der Waals surface area (Å²) in [5, 5.41) is 11.8. The fourth-order valence-electron chi connectivity index (χ4n) is 2.41. The third-order valence-corrected chi connectivity index (χ3v) is 5.18. The Morgan fingerprint density at radius 3 is 2.72 bits per heavy atom. The molecule has 0 saturated carbocycles. The third-order valence-electron chi connectivity index (χ3n) is 3.64. The molecular formula is C18H11ClNO3S2-. The highest BCUT2D eigenvalue weighted by Gasteiger charge is 2.33. The smallest absolute Gasteiger partial charge is 0.270 e. The third kappa shape index (κ3) is 3.61. The minimum atomic E-state index is -1.29. The number of carbonyl (C=O) groups excluding carboxylic acids is 2. The molecule has 126 valence electrons. The molecule has 2 aromatic carbocycles. The van der Waals surface area contributed by atoms with Crippen LogP contribution in [0.5, 0.6) is 0 Å². The molecule has 0 radical (unpaired) electrons. The average molecular weight is 389 g/mol. The Labute approximate surface area is 159 Å². The first-order chi connectivity index (χ1) is 11.9. The number of hydrogen-bond acceptors (Lipinski definition) is 5. The van der Waals surface area contributed by atoms with Crippen molar-refractivity contribution in [3.05, 3.63) is 69.1 Å². The summed E-state index contributed by atoms with van der Waals surface area (Å²) < 4.78 is 0.339. The van der Waals surface area contributed by atoms with Crippen LogP contribution in [0, 0.1) is 6.92 Å². The van der Waals surface area contributed by atoms with Crippen LogP contribution < -0.4 is 10.0 Å². The van der Waals surface area contributed by atoms with Crippen LogP contribution in [0.4, 0.5) is 5.69 Å². The SMILES string of the molecule is Cc1ccc(N2C(=O)/C(=C/c3cccc(Cl)c3)SC2=S)cc1C(=O)[O-]. The van der Waals surface area contributed by atoms with E-state index in [4.69, 9.17) is 23.8 Å². The minimum absolute atomic E-state index is 0.0328. The number of aryl methyl sites for hydroxylation is 1. The van der Waals surface area contributed by atoms with Gasteiger partial charge in [0.1, 0.15) is 0 Å². The number of amides is 1. The predicted molar refractivity (Wildman–Crippen MR) is 103 cm³/mol. The lowest BCUT2D eigenvalue weighted by molar-refractivity contribution is -0.255. The summed E-state index contributed by atoms with van der Waals surface area (Å²) in [6.07, 6.45) is 1.71. The molecule has 0 spiro atoms. The molecule has 0 bridgehead atoms. The monoisotopic (exact) mass is 388 g/mol. The van der Waals surface area contributed by atoms with Crippen LogP contribution >= 0.6 is 35.6 Å². The van der Waals surface area contributed by atoms with Crippen LogP contribution in [-0.4, -0.2) is 16.2 Å². The van der Waals surface area contributed by atoms with Crippen LogP contribution in [0.2, 0.25) is 5.02 Å². The topological polar surface area (TPSA) is 60.4 Å². The number of anilines is 1. The normalized spacial score (nSPS) is 15.9. The number of hydrogen-bond donors (Lipinski definition) is 0. The maximum Gasteiger partial charge on any atom is 0.270 e. The molecule has 1 amide bonds. The van der Waals surface area contributed by atoms with E-state index in [9.17, 15) is 14.7 Å².